The Kier molecular flexibility index (Phi) is 9.55. The predicted molar refractivity (Wildman–Crippen MR) is 135 cm³/mol. The number of alkyl carbamates (subject to hydrolysis) is 1. The second-order valence-corrected chi connectivity index (χ2v) is 8.53. The van der Waals surface area contributed by atoms with Gasteiger partial charge in [0.25, 0.3) is 6.10 Å². The van der Waals surface area contributed by atoms with Crippen molar-refractivity contribution in [2.24, 2.45) is 0 Å². The van der Waals surface area contributed by atoms with Gasteiger partial charge in [0.1, 0.15) is 12.4 Å². The highest BCUT2D eigenvalue weighted by Gasteiger charge is 2.31. The molecule has 0 spiro atoms. The number of hydrogen-bond acceptors (Lipinski definition) is 10. The van der Waals surface area contributed by atoms with Crippen molar-refractivity contribution >= 4 is 50.4 Å². The number of fused-ring (bicyclic) bond motifs is 1. The molecule has 0 saturated heterocycles. The Morgan fingerprint density at radius 1 is 1.08 bits per heavy atom. The molecule has 0 bridgehead atoms. The fourth-order valence-electron chi connectivity index (χ4n) is 3.21. The van der Waals surface area contributed by atoms with Crippen LogP contribution in [0.25, 0.3) is 10.1 Å². The number of hydrogen-bond donors (Lipinski definition) is 2. The van der Waals surface area contributed by atoms with Crippen LogP contribution < -0.4 is 15.4 Å². The van der Waals surface area contributed by atoms with Crippen LogP contribution in [0.1, 0.15) is 11.5 Å². The van der Waals surface area contributed by atoms with Crippen LogP contribution in [0.3, 0.4) is 0 Å². The molecule has 0 fully saturated rings. The highest BCUT2D eigenvalue weighted by molar-refractivity contribution is 7.22. The van der Waals surface area contributed by atoms with Crippen LogP contribution in [0.2, 0.25) is 0 Å². The summed E-state index contributed by atoms with van der Waals surface area (Å²) in [4.78, 5) is 53.1. The Balaban J connectivity index is 1.79. The van der Waals surface area contributed by atoms with Crippen LogP contribution in [0.5, 0.6) is 5.75 Å². The third kappa shape index (κ3) is 7.27. The molecule has 12 heteroatoms. The van der Waals surface area contributed by atoms with E-state index in [1.165, 1.54) is 29.5 Å². The quantitative estimate of drug-likeness (QED) is 0.166. The molecule has 3 aromatic rings. The summed E-state index contributed by atoms with van der Waals surface area (Å²) in [6.07, 6.45) is 2.48. The maximum atomic E-state index is 13.3. The van der Waals surface area contributed by atoms with Crippen LogP contribution in [0.4, 0.5) is 9.80 Å². The number of nitrogens with zero attached hydrogens (tertiary/aromatic N) is 1. The van der Waals surface area contributed by atoms with Crippen molar-refractivity contribution < 1.29 is 38.1 Å². The van der Waals surface area contributed by atoms with Gasteiger partial charge in [-0.15, -0.1) is 11.3 Å². The first-order chi connectivity index (χ1) is 17.9. The molecule has 2 heterocycles. The van der Waals surface area contributed by atoms with Crippen LogP contribution in [0, 0.1) is 0 Å². The summed E-state index contributed by atoms with van der Waals surface area (Å²) in [5.41, 5.74) is 0.532. The standard InChI is InChI=1S/C25H25N3O8S/c1-4-11-35-25(32)27-13-18(22(29)28-20-12-16-9-10-26-14-19(16)37-20)15-5-7-17(8-6-15)36-21(23(30)33-2)24(31)34-3/h4-10,12,14,18,21H,1,11,13H2,2-3H3,(H,27,32)(H,28,29). The van der Waals surface area contributed by atoms with E-state index in [-0.39, 0.29) is 24.8 Å². The number of carbonyl (C=O) groups excluding carboxylic acids is 4. The largest absolute Gasteiger partial charge is 0.467 e. The van der Waals surface area contributed by atoms with Gasteiger partial charge in [0.15, 0.2) is 0 Å². The number of carbonyl (C=O) groups is 4. The van der Waals surface area contributed by atoms with Crippen molar-refractivity contribution in [3.8, 4) is 5.75 Å². The highest BCUT2D eigenvalue weighted by atomic mass is 32.1. The van der Waals surface area contributed by atoms with Crippen molar-refractivity contribution in [1.82, 2.24) is 10.3 Å². The van der Waals surface area contributed by atoms with Gasteiger partial charge in [-0.2, -0.15) is 0 Å². The summed E-state index contributed by atoms with van der Waals surface area (Å²) in [5, 5.41) is 7.00. The fraction of sp³-hybridized carbons (Fsp3) is 0.240. The number of methoxy groups -OCH3 is 2. The molecule has 1 aromatic carbocycles. The van der Waals surface area contributed by atoms with Gasteiger partial charge >= 0.3 is 18.0 Å². The zero-order chi connectivity index (χ0) is 26.8. The van der Waals surface area contributed by atoms with Crippen molar-refractivity contribution in [2.75, 3.05) is 32.7 Å². The second-order valence-electron chi connectivity index (χ2n) is 7.45. The number of pyridine rings is 1. The lowest BCUT2D eigenvalue weighted by atomic mass is 9.98. The number of amides is 2. The smallest absolute Gasteiger partial charge is 0.407 e. The van der Waals surface area contributed by atoms with Crippen LogP contribution in [-0.2, 0) is 28.6 Å². The maximum Gasteiger partial charge on any atom is 0.407 e. The molecule has 11 nitrogen and oxygen atoms in total. The molecular weight excluding hydrogens is 502 g/mol. The Morgan fingerprint density at radius 2 is 1.78 bits per heavy atom. The lowest BCUT2D eigenvalue weighted by Crippen LogP contribution is -2.37. The van der Waals surface area contributed by atoms with E-state index in [1.54, 1.807) is 24.5 Å². The summed E-state index contributed by atoms with van der Waals surface area (Å²) < 4.78 is 20.4. The van der Waals surface area contributed by atoms with E-state index in [9.17, 15) is 19.2 Å². The minimum absolute atomic E-state index is 0.0199. The Morgan fingerprint density at radius 3 is 2.41 bits per heavy atom. The first kappa shape index (κ1) is 27.1. The van der Waals surface area contributed by atoms with E-state index < -0.39 is 30.1 Å². The van der Waals surface area contributed by atoms with Gasteiger partial charge in [0, 0.05) is 18.9 Å². The van der Waals surface area contributed by atoms with Crippen LogP contribution in [0.15, 0.2) is 61.4 Å². The average molecular weight is 528 g/mol. The predicted octanol–water partition coefficient (Wildman–Crippen LogP) is 3.02. The van der Waals surface area contributed by atoms with Crippen molar-refractivity contribution in [2.45, 2.75) is 12.0 Å². The SMILES string of the molecule is C=CCOC(=O)NCC(C(=O)Nc1cc2ccncc2s1)c1ccc(OC(C(=O)OC)C(=O)OC)cc1. The Labute approximate surface area is 216 Å². The maximum absolute atomic E-state index is 13.3. The van der Waals surface area contributed by atoms with Crippen LogP contribution >= 0.6 is 11.3 Å². The van der Waals surface area contributed by atoms with Gasteiger partial charge in [0.2, 0.25) is 5.91 Å². The molecule has 0 radical (unpaired) electrons. The number of rotatable bonds is 11. The minimum Gasteiger partial charge on any atom is -0.467 e. The molecule has 2 amide bonds. The van der Waals surface area contributed by atoms with Crippen molar-refractivity contribution in [1.29, 1.82) is 0 Å². The molecule has 2 aromatic heterocycles. The molecule has 0 aliphatic heterocycles. The molecule has 3 rings (SSSR count). The van der Waals surface area contributed by atoms with E-state index >= 15 is 0 Å². The Bertz CT molecular complexity index is 1230. The summed E-state index contributed by atoms with van der Waals surface area (Å²) in [6.45, 7) is 3.44. The number of ether oxygens (including phenoxy) is 4. The van der Waals surface area contributed by atoms with Crippen molar-refractivity contribution in [3.63, 3.8) is 0 Å². The van der Waals surface area contributed by atoms with Crippen molar-refractivity contribution in [3.05, 3.63) is 67.0 Å². The van der Waals surface area contributed by atoms with E-state index in [0.29, 0.717) is 10.6 Å². The number of aromatic nitrogens is 1. The summed E-state index contributed by atoms with van der Waals surface area (Å²) in [6, 6.07) is 9.79. The first-order valence-electron chi connectivity index (χ1n) is 10.9. The number of benzene rings is 1. The fourth-order valence-corrected chi connectivity index (χ4v) is 4.14. The molecule has 0 aliphatic carbocycles. The first-order valence-corrected chi connectivity index (χ1v) is 11.8. The second kappa shape index (κ2) is 13.0. The molecule has 1 unspecified atom stereocenters. The third-order valence-corrected chi connectivity index (χ3v) is 6.04. The summed E-state index contributed by atoms with van der Waals surface area (Å²) >= 11 is 1.37. The third-order valence-electron chi connectivity index (χ3n) is 5.04. The number of thiophene rings is 1. The van der Waals surface area contributed by atoms with Gasteiger partial charge in [-0.05, 0) is 35.2 Å². The van der Waals surface area contributed by atoms with Gasteiger partial charge in [-0.1, -0.05) is 24.8 Å². The van der Waals surface area contributed by atoms with Gasteiger partial charge < -0.3 is 29.6 Å². The zero-order valence-electron chi connectivity index (χ0n) is 20.1. The molecule has 1 atom stereocenters. The molecular formula is C25H25N3O8S. The monoisotopic (exact) mass is 527 g/mol. The lowest BCUT2D eigenvalue weighted by molar-refractivity contribution is -0.163. The number of nitrogens with one attached hydrogen (secondary N) is 2. The normalized spacial score (nSPS) is 11.3. The van der Waals surface area contributed by atoms with E-state index in [1.807, 2.05) is 12.1 Å². The molecule has 2 N–H and O–H groups in total. The zero-order valence-corrected chi connectivity index (χ0v) is 20.9. The van der Waals surface area contributed by atoms with Gasteiger partial charge in [-0.25, -0.2) is 14.4 Å². The molecule has 0 saturated carbocycles. The topological polar surface area (TPSA) is 142 Å². The van der Waals surface area contributed by atoms with E-state index in [4.69, 9.17) is 9.47 Å². The highest BCUT2D eigenvalue weighted by Crippen LogP contribution is 2.30. The van der Waals surface area contributed by atoms with Crippen LogP contribution in [-0.4, -0.2) is 62.4 Å². The van der Waals surface area contributed by atoms with E-state index in [0.717, 1.165) is 24.3 Å². The number of esters is 2. The van der Waals surface area contributed by atoms with E-state index in [2.05, 4.69) is 31.7 Å². The minimum atomic E-state index is -1.61. The lowest BCUT2D eigenvalue weighted by Gasteiger charge is -2.19. The number of anilines is 1. The average Bonchev–Trinajstić information content (AvgIpc) is 3.32. The Hall–Kier alpha value is -4.45. The van der Waals surface area contributed by atoms with Gasteiger partial charge in [-0.3, -0.25) is 9.78 Å². The molecule has 194 valence electrons. The molecule has 0 aliphatic rings. The molecule has 37 heavy (non-hydrogen) atoms. The van der Waals surface area contributed by atoms with Gasteiger partial charge in [0.05, 0.1) is 29.8 Å². The summed E-state index contributed by atoms with van der Waals surface area (Å²) in [7, 11) is 2.24. The summed E-state index contributed by atoms with van der Waals surface area (Å²) in [5.74, 6) is -2.87.